The van der Waals surface area contributed by atoms with Crippen LogP contribution in [-0.4, -0.2) is 17.4 Å². The van der Waals surface area contributed by atoms with E-state index in [-0.39, 0.29) is 5.78 Å². The van der Waals surface area contributed by atoms with Gasteiger partial charge in [0.2, 0.25) is 0 Å². The van der Waals surface area contributed by atoms with E-state index < -0.39 is 0 Å². The third kappa shape index (κ3) is 0.894. The molecule has 1 aromatic carbocycles. The van der Waals surface area contributed by atoms with E-state index in [1.54, 1.807) is 0 Å². The monoisotopic (exact) mass is 187 g/mol. The van der Waals surface area contributed by atoms with Crippen LogP contribution in [0.15, 0.2) is 24.4 Å². The van der Waals surface area contributed by atoms with Gasteiger partial charge in [-0.25, -0.2) is 0 Å². The summed E-state index contributed by atoms with van der Waals surface area (Å²) in [5.74, 6) is 0.871. The van der Waals surface area contributed by atoms with E-state index in [2.05, 4.69) is 4.98 Å². The van der Waals surface area contributed by atoms with E-state index in [1.165, 1.54) is 0 Å². The lowest BCUT2D eigenvalue weighted by Crippen LogP contribution is -2.15. The Balaban J connectivity index is 2.41. The van der Waals surface area contributed by atoms with Crippen LogP contribution < -0.4 is 4.74 Å². The third-order valence-corrected chi connectivity index (χ3v) is 2.56. The van der Waals surface area contributed by atoms with Crippen LogP contribution in [0.2, 0.25) is 0 Å². The van der Waals surface area contributed by atoms with Crippen LogP contribution >= 0.6 is 0 Å². The molecule has 0 fully saturated rings. The van der Waals surface area contributed by atoms with Crippen molar-refractivity contribution in [1.29, 1.82) is 0 Å². The number of hydrogen-bond acceptors (Lipinski definition) is 2. The Morgan fingerprint density at radius 1 is 1.29 bits per heavy atom. The number of benzene rings is 1. The van der Waals surface area contributed by atoms with Gasteiger partial charge in [-0.15, -0.1) is 0 Å². The molecular weight excluding hydrogens is 178 g/mol. The van der Waals surface area contributed by atoms with Gasteiger partial charge in [0, 0.05) is 18.0 Å². The molecule has 2 aromatic rings. The lowest BCUT2D eigenvalue weighted by Gasteiger charge is -2.16. The summed E-state index contributed by atoms with van der Waals surface area (Å²) in [6.45, 7) is 0.498. The summed E-state index contributed by atoms with van der Waals surface area (Å²) in [4.78, 5) is 14.8. The van der Waals surface area contributed by atoms with Gasteiger partial charge in [0.1, 0.15) is 5.75 Å². The van der Waals surface area contributed by atoms with Gasteiger partial charge in [0.15, 0.2) is 5.78 Å². The molecule has 1 aliphatic heterocycles. The number of Topliss-reactive ketones (excluding diaryl/α,β-unsaturated/α-hetero) is 1. The molecule has 3 rings (SSSR count). The molecular formula is C11H9NO2. The van der Waals surface area contributed by atoms with Gasteiger partial charge in [-0.2, -0.15) is 0 Å². The highest BCUT2D eigenvalue weighted by molar-refractivity contribution is 6.09. The van der Waals surface area contributed by atoms with Crippen molar-refractivity contribution in [3.05, 3.63) is 30.0 Å². The molecule has 0 saturated carbocycles. The summed E-state index contributed by atoms with van der Waals surface area (Å²) in [7, 11) is 0. The number of hydrogen-bond donors (Lipinski definition) is 1. The Morgan fingerprint density at radius 3 is 3.14 bits per heavy atom. The molecule has 0 amide bonds. The Morgan fingerprint density at radius 2 is 2.21 bits per heavy atom. The first kappa shape index (κ1) is 7.62. The Kier molecular flexibility index (Phi) is 1.42. The molecule has 14 heavy (non-hydrogen) atoms. The lowest BCUT2D eigenvalue weighted by molar-refractivity contribution is 0.0935. The number of aromatic nitrogens is 1. The van der Waals surface area contributed by atoms with Crippen molar-refractivity contribution in [3.8, 4) is 5.75 Å². The summed E-state index contributed by atoms with van der Waals surface area (Å²) in [6.07, 6.45) is 2.32. The molecule has 3 heteroatoms. The molecule has 3 nitrogen and oxygen atoms in total. The van der Waals surface area contributed by atoms with Crippen molar-refractivity contribution in [1.82, 2.24) is 4.98 Å². The third-order valence-electron chi connectivity index (χ3n) is 2.56. The van der Waals surface area contributed by atoms with Crippen LogP contribution in [0, 0.1) is 0 Å². The molecule has 0 saturated heterocycles. The number of carbonyl (C=O) groups excluding carboxylic acids is 1. The summed E-state index contributed by atoms with van der Waals surface area (Å²) in [5.41, 5.74) is 1.60. The van der Waals surface area contributed by atoms with Crippen molar-refractivity contribution in [3.63, 3.8) is 0 Å². The number of nitrogens with one attached hydrogen (secondary N) is 1. The highest BCUT2D eigenvalue weighted by Crippen LogP contribution is 2.30. The molecule has 0 aliphatic carbocycles. The van der Waals surface area contributed by atoms with E-state index >= 15 is 0 Å². The van der Waals surface area contributed by atoms with Gasteiger partial charge in [-0.05, 0) is 18.2 Å². The Labute approximate surface area is 80.7 Å². The normalized spacial score (nSPS) is 15.3. The zero-order valence-corrected chi connectivity index (χ0v) is 7.54. The smallest absolute Gasteiger partial charge is 0.172 e. The van der Waals surface area contributed by atoms with E-state index in [9.17, 15) is 4.79 Å². The number of ketones is 1. The van der Waals surface area contributed by atoms with Crippen LogP contribution in [0.1, 0.15) is 16.8 Å². The maximum Gasteiger partial charge on any atom is 0.172 e. The molecule has 0 radical (unpaired) electrons. The minimum Gasteiger partial charge on any atom is -0.492 e. The predicted molar refractivity (Wildman–Crippen MR) is 52.7 cm³/mol. The molecule has 0 bridgehead atoms. The largest absolute Gasteiger partial charge is 0.492 e. The fraction of sp³-hybridized carbons (Fsp3) is 0.182. The molecule has 1 aliphatic rings. The lowest BCUT2D eigenvalue weighted by atomic mass is 10.0. The minimum atomic E-state index is 0.166. The SMILES string of the molecule is O=C1CCOc2ccc3cc[nH]c3c21. The van der Waals surface area contributed by atoms with Gasteiger partial charge in [0.05, 0.1) is 17.7 Å². The first-order chi connectivity index (χ1) is 6.86. The van der Waals surface area contributed by atoms with Gasteiger partial charge in [-0.1, -0.05) is 0 Å². The first-order valence-corrected chi connectivity index (χ1v) is 4.62. The first-order valence-electron chi connectivity index (χ1n) is 4.62. The van der Waals surface area contributed by atoms with Crippen molar-refractivity contribution in [2.24, 2.45) is 0 Å². The average molecular weight is 187 g/mol. The molecule has 0 atom stereocenters. The average Bonchev–Trinajstić information content (AvgIpc) is 2.65. The molecule has 2 heterocycles. The number of H-pyrrole nitrogens is 1. The standard InChI is InChI=1S/C11H9NO2/c13-8-4-6-14-9-2-1-7-3-5-12-11(7)10(8)9/h1-3,5,12H,4,6H2. The van der Waals surface area contributed by atoms with Gasteiger partial charge in [0.25, 0.3) is 0 Å². The van der Waals surface area contributed by atoms with Crippen molar-refractivity contribution in [2.75, 3.05) is 6.61 Å². The van der Waals surface area contributed by atoms with Crippen LogP contribution in [0.5, 0.6) is 5.75 Å². The zero-order chi connectivity index (χ0) is 9.54. The van der Waals surface area contributed by atoms with E-state index in [1.807, 2.05) is 24.4 Å². The highest BCUT2D eigenvalue weighted by atomic mass is 16.5. The van der Waals surface area contributed by atoms with Crippen molar-refractivity contribution < 1.29 is 9.53 Å². The molecule has 0 spiro atoms. The second kappa shape index (κ2) is 2.61. The quantitative estimate of drug-likeness (QED) is 0.686. The Bertz CT molecular complexity index is 513. The van der Waals surface area contributed by atoms with E-state index in [0.717, 1.165) is 10.9 Å². The van der Waals surface area contributed by atoms with Crippen LogP contribution in [0.4, 0.5) is 0 Å². The molecule has 70 valence electrons. The predicted octanol–water partition coefficient (Wildman–Crippen LogP) is 2.13. The highest BCUT2D eigenvalue weighted by Gasteiger charge is 2.21. The van der Waals surface area contributed by atoms with Gasteiger partial charge >= 0.3 is 0 Å². The Hall–Kier alpha value is -1.77. The summed E-state index contributed by atoms with van der Waals surface area (Å²) in [6, 6.07) is 5.78. The van der Waals surface area contributed by atoms with Gasteiger partial charge in [-0.3, -0.25) is 4.79 Å². The molecule has 0 unspecified atom stereocenters. The van der Waals surface area contributed by atoms with Crippen molar-refractivity contribution in [2.45, 2.75) is 6.42 Å². The van der Waals surface area contributed by atoms with Crippen LogP contribution in [-0.2, 0) is 0 Å². The maximum absolute atomic E-state index is 11.7. The van der Waals surface area contributed by atoms with Gasteiger partial charge < -0.3 is 9.72 Å². The second-order valence-corrected chi connectivity index (χ2v) is 3.40. The number of aromatic amines is 1. The van der Waals surface area contributed by atoms with E-state index in [4.69, 9.17) is 4.74 Å². The molecule has 1 N–H and O–H groups in total. The topological polar surface area (TPSA) is 42.1 Å². The number of fused-ring (bicyclic) bond motifs is 3. The van der Waals surface area contributed by atoms with Crippen LogP contribution in [0.3, 0.4) is 0 Å². The second-order valence-electron chi connectivity index (χ2n) is 3.40. The summed E-state index contributed by atoms with van der Waals surface area (Å²) < 4.78 is 5.43. The van der Waals surface area contributed by atoms with E-state index in [0.29, 0.717) is 24.3 Å². The molecule has 1 aromatic heterocycles. The van der Waals surface area contributed by atoms with Crippen LogP contribution in [0.25, 0.3) is 10.9 Å². The minimum absolute atomic E-state index is 0.166. The maximum atomic E-state index is 11.7. The zero-order valence-electron chi connectivity index (χ0n) is 7.54. The fourth-order valence-electron chi connectivity index (χ4n) is 1.88. The summed E-state index contributed by atoms with van der Waals surface area (Å²) >= 11 is 0. The number of ether oxygens (including phenoxy) is 1. The number of carbonyl (C=O) groups is 1. The summed E-state index contributed by atoms with van der Waals surface area (Å²) in [5, 5.41) is 1.06. The number of rotatable bonds is 0. The fourth-order valence-corrected chi connectivity index (χ4v) is 1.88. The van der Waals surface area contributed by atoms with Crippen molar-refractivity contribution >= 4 is 16.7 Å².